The lowest BCUT2D eigenvalue weighted by Gasteiger charge is -2.19. The highest BCUT2D eigenvalue weighted by Gasteiger charge is 2.18. The minimum absolute atomic E-state index is 0.0571. The summed E-state index contributed by atoms with van der Waals surface area (Å²) in [6.07, 6.45) is -0.505. The zero-order valence-corrected chi connectivity index (χ0v) is 17.6. The van der Waals surface area contributed by atoms with Crippen LogP contribution in [0.15, 0.2) is 41.2 Å². The number of rotatable bonds is 6. The lowest BCUT2D eigenvalue weighted by atomic mass is 10.0. The number of carbonyl (C=O) groups excluding carboxylic acids is 1. The van der Waals surface area contributed by atoms with Gasteiger partial charge < -0.3 is 24.3 Å². The Bertz CT molecular complexity index is 933. The molecule has 7 nitrogen and oxygen atoms in total. The third-order valence-electron chi connectivity index (χ3n) is 3.98. The average molecular weight is 401 g/mol. The fourth-order valence-electron chi connectivity index (χ4n) is 2.75. The van der Waals surface area contributed by atoms with Gasteiger partial charge in [-0.05, 0) is 50.1 Å². The number of nitrogens with one attached hydrogen (secondary N) is 1. The number of amides is 1. The van der Waals surface area contributed by atoms with E-state index in [0.717, 1.165) is 5.56 Å². The van der Waals surface area contributed by atoms with E-state index in [1.54, 1.807) is 32.9 Å². The van der Waals surface area contributed by atoms with E-state index in [2.05, 4.69) is 5.32 Å². The topological polar surface area (TPSA) is 83.1 Å². The molecular weight excluding hydrogens is 374 g/mol. The maximum atomic E-state index is 13.0. The number of ether oxygens (including phenoxy) is 4. The number of carbonyl (C=O) groups is 1. The van der Waals surface area contributed by atoms with Gasteiger partial charge >= 0.3 is 6.09 Å². The van der Waals surface area contributed by atoms with Gasteiger partial charge in [0.2, 0.25) is 16.9 Å². The van der Waals surface area contributed by atoms with Crippen molar-refractivity contribution in [1.82, 2.24) is 5.32 Å². The van der Waals surface area contributed by atoms with E-state index in [1.165, 1.54) is 21.3 Å². The highest BCUT2D eigenvalue weighted by atomic mass is 16.6. The highest BCUT2D eigenvalue weighted by Crippen LogP contribution is 2.34. The van der Waals surface area contributed by atoms with Gasteiger partial charge in [0.1, 0.15) is 5.60 Å². The summed E-state index contributed by atoms with van der Waals surface area (Å²) < 4.78 is 21.2. The number of alkyl carbamates (subject to hydrolysis) is 1. The summed E-state index contributed by atoms with van der Waals surface area (Å²) >= 11 is 0. The normalized spacial score (nSPS) is 10.8. The van der Waals surface area contributed by atoms with Gasteiger partial charge in [-0.15, -0.1) is 0 Å². The van der Waals surface area contributed by atoms with Crippen LogP contribution in [0.2, 0.25) is 0 Å². The molecule has 29 heavy (non-hydrogen) atoms. The van der Waals surface area contributed by atoms with E-state index >= 15 is 0 Å². The summed E-state index contributed by atoms with van der Waals surface area (Å²) in [6.45, 7) is 5.66. The Morgan fingerprint density at radius 3 is 2.24 bits per heavy atom. The maximum absolute atomic E-state index is 13.0. The van der Waals surface area contributed by atoms with E-state index in [1.807, 2.05) is 24.3 Å². The number of hydrogen-bond acceptors (Lipinski definition) is 6. The van der Waals surface area contributed by atoms with E-state index in [4.69, 9.17) is 18.9 Å². The largest absolute Gasteiger partial charge is 0.493 e. The Hall–Kier alpha value is -3.22. The number of methoxy groups -OCH3 is 3. The first-order valence-electron chi connectivity index (χ1n) is 9.09. The van der Waals surface area contributed by atoms with Crippen molar-refractivity contribution in [2.24, 2.45) is 0 Å². The van der Waals surface area contributed by atoms with Crippen molar-refractivity contribution < 1.29 is 23.7 Å². The molecule has 0 atom stereocenters. The fraction of sp³-hybridized carbons (Fsp3) is 0.364. The summed E-state index contributed by atoms with van der Waals surface area (Å²) in [5.41, 5.74) is 1.01. The van der Waals surface area contributed by atoms with Crippen LogP contribution in [0.4, 0.5) is 4.79 Å². The molecule has 0 fully saturated rings. The van der Waals surface area contributed by atoms with Gasteiger partial charge in [0.25, 0.3) is 0 Å². The van der Waals surface area contributed by atoms with Gasteiger partial charge in [-0.1, -0.05) is 18.2 Å². The second kappa shape index (κ2) is 9.32. The summed E-state index contributed by atoms with van der Waals surface area (Å²) in [6, 6.07) is 10.6. The van der Waals surface area contributed by atoms with Gasteiger partial charge in [0.05, 0.1) is 21.3 Å². The molecule has 1 N–H and O–H groups in total. The maximum Gasteiger partial charge on any atom is 0.407 e. The minimum atomic E-state index is -0.573. The van der Waals surface area contributed by atoms with E-state index in [9.17, 15) is 9.59 Å². The molecule has 0 saturated carbocycles. The van der Waals surface area contributed by atoms with Crippen molar-refractivity contribution >= 4 is 6.09 Å². The highest BCUT2D eigenvalue weighted by molar-refractivity contribution is 5.69. The zero-order valence-electron chi connectivity index (χ0n) is 17.6. The lowest BCUT2D eigenvalue weighted by Crippen LogP contribution is -2.32. The lowest BCUT2D eigenvalue weighted by molar-refractivity contribution is 0.0523. The molecular formula is C22H27NO6. The predicted molar refractivity (Wildman–Crippen MR) is 111 cm³/mol. The van der Waals surface area contributed by atoms with Crippen molar-refractivity contribution in [3.63, 3.8) is 0 Å². The van der Waals surface area contributed by atoms with Crippen molar-refractivity contribution in [3.05, 3.63) is 52.2 Å². The Balaban J connectivity index is 2.39. The standard InChI is InChI=1S/C22H27NO6/c1-22(2,3)29-21(25)23-13-14-8-7-9-15(12-14)16-10-11-17(26-4)19(27-5)20(28-6)18(16)24/h7-12H,13H2,1-6H3,(H,23,25). The van der Waals surface area contributed by atoms with Crippen LogP contribution in [-0.2, 0) is 11.3 Å². The third-order valence-corrected chi connectivity index (χ3v) is 3.98. The molecule has 0 unspecified atom stereocenters. The van der Waals surface area contributed by atoms with E-state index in [0.29, 0.717) is 16.9 Å². The molecule has 156 valence electrons. The van der Waals surface area contributed by atoms with Crippen LogP contribution < -0.4 is 25.0 Å². The van der Waals surface area contributed by atoms with Crippen molar-refractivity contribution in [1.29, 1.82) is 0 Å². The molecule has 0 heterocycles. The van der Waals surface area contributed by atoms with E-state index in [-0.39, 0.29) is 23.5 Å². The molecule has 0 spiro atoms. The van der Waals surface area contributed by atoms with Crippen LogP contribution in [0.1, 0.15) is 26.3 Å². The van der Waals surface area contributed by atoms with Crippen molar-refractivity contribution in [2.75, 3.05) is 21.3 Å². The Morgan fingerprint density at radius 2 is 1.66 bits per heavy atom. The molecule has 0 bridgehead atoms. The first-order valence-corrected chi connectivity index (χ1v) is 9.09. The summed E-state index contributed by atoms with van der Waals surface area (Å²) in [5.74, 6) is 0.672. The smallest absolute Gasteiger partial charge is 0.407 e. The van der Waals surface area contributed by atoms with Crippen LogP contribution in [0.25, 0.3) is 11.1 Å². The monoisotopic (exact) mass is 401 g/mol. The van der Waals surface area contributed by atoms with Gasteiger partial charge in [0, 0.05) is 12.1 Å². The van der Waals surface area contributed by atoms with Crippen molar-refractivity contribution in [2.45, 2.75) is 32.9 Å². The predicted octanol–water partition coefficient (Wildman–Crippen LogP) is 3.76. The van der Waals surface area contributed by atoms with Gasteiger partial charge in [-0.3, -0.25) is 4.79 Å². The number of hydrogen-bond donors (Lipinski definition) is 1. The molecule has 1 amide bonds. The SMILES string of the molecule is COc1ccc(-c2cccc(CNC(=O)OC(C)(C)C)c2)c(=O)c(OC)c1OC. The second-order valence-electron chi connectivity index (χ2n) is 7.27. The minimum Gasteiger partial charge on any atom is -0.493 e. The van der Waals surface area contributed by atoms with Crippen LogP contribution in [-0.4, -0.2) is 33.0 Å². The van der Waals surface area contributed by atoms with Crippen LogP contribution in [0.3, 0.4) is 0 Å². The first kappa shape index (κ1) is 22.1. The molecule has 0 saturated heterocycles. The van der Waals surface area contributed by atoms with Gasteiger partial charge in [0.15, 0.2) is 5.75 Å². The van der Waals surface area contributed by atoms with Crippen LogP contribution in [0.5, 0.6) is 17.2 Å². The number of benzene rings is 1. The molecule has 2 aromatic carbocycles. The third kappa shape index (κ3) is 5.63. The van der Waals surface area contributed by atoms with Crippen LogP contribution >= 0.6 is 0 Å². The molecule has 0 aromatic heterocycles. The summed E-state index contributed by atoms with van der Waals surface area (Å²) in [7, 11) is 4.34. The second-order valence-corrected chi connectivity index (χ2v) is 7.27. The Labute approximate surface area is 170 Å². The first-order chi connectivity index (χ1) is 13.7. The van der Waals surface area contributed by atoms with Crippen LogP contribution in [0, 0.1) is 0 Å². The molecule has 0 aliphatic carbocycles. The molecule has 7 heteroatoms. The van der Waals surface area contributed by atoms with Gasteiger partial charge in [-0.25, -0.2) is 4.79 Å². The molecule has 0 radical (unpaired) electrons. The average Bonchev–Trinajstić information content (AvgIpc) is 2.80. The summed E-state index contributed by atoms with van der Waals surface area (Å²) in [5, 5.41) is 2.71. The Morgan fingerprint density at radius 1 is 0.966 bits per heavy atom. The summed E-state index contributed by atoms with van der Waals surface area (Å²) in [4.78, 5) is 24.9. The molecule has 0 aliphatic heterocycles. The van der Waals surface area contributed by atoms with E-state index < -0.39 is 11.7 Å². The Kier molecular flexibility index (Phi) is 7.09. The van der Waals surface area contributed by atoms with Gasteiger partial charge in [-0.2, -0.15) is 0 Å². The quantitative estimate of drug-likeness (QED) is 0.793. The molecule has 2 aromatic rings. The van der Waals surface area contributed by atoms with Crippen molar-refractivity contribution in [3.8, 4) is 28.4 Å². The zero-order chi connectivity index (χ0) is 21.6. The molecule has 2 rings (SSSR count). The molecule has 0 aliphatic rings. The fourth-order valence-corrected chi connectivity index (χ4v) is 2.75.